The van der Waals surface area contributed by atoms with Crippen LogP contribution in [-0.2, 0) is 6.61 Å². The number of carboxylic acids is 1. The van der Waals surface area contributed by atoms with Crippen LogP contribution >= 0.6 is 0 Å². The molecule has 3 aromatic carbocycles. The summed E-state index contributed by atoms with van der Waals surface area (Å²) in [7, 11) is 3.84. The van der Waals surface area contributed by atoms with Crippen LogP contribution in [0.5, 0.6) is 5.75 Å². The fourth-order valence-electron chi connectivity index (χ4n) is 3.73. The monoisotopic (exact) mass is 460 g/mol. The van der Waals surface area contributed by atoms with Crippen molar-refractivity contribution in [3.05, 3.63) is 95.6 Å². The van der Waals surface area contributed by atoms with Crippen molar-refractivity contribution in [1.29, 1.82) is 0 Å². The quantitative estimate of drug-likeness (QED) is 0.372. The summed E-state index contributed by atoms with van der Waals surface area (Å²) in [5.74, 6) is -0.620. The van der Waals surface area contributed by atoms with Crippen LogP contribution in [0.3, 0.4) is 0 Å². The van der Waals surface area contributed by atoms with Crippen molar-refractivity contribution in [1.82, 2.24) is 14.9 Å². The second-order valence-corrected chi connectivity index (χ2v) is 8.18. The number of aromatic carboxylic acids is 1. The van der Waals surface area contributed by atoms with Gasteiger partial charge in [0.15, 0.2) is 0 Å². The van der Waals surface area contributed by atoms with Gasteiger partial charge in [0.2, 0.25) is 0 Å². The molecule has 0 spiro atoms. The molecule has 174 valence electrons. The number of halogens is 1. The van der Waals surface area contributed by atoms with Gasteiger partial charge in [-0.3, -0.25) is 0 Å². The summed E-state index contributed by atoms with van der Waals surface area (Å²) < 4.78 is 19.8. The van der Waals surface area contributed by atoms with E-state index in [-0.39, 0.29) is 24.0 Å². The maximum atomic E-state index is 13.9. The van der Waals surface area contributed by atoms with Crippen LogP contribution in [0.25, 0.3) is 10.9 Å². The van der Waals surface area contributed by atoms with Gasteiger partial charge in [-0.1, -0.05) is 42.5 Å². The van der Waals surface area contributed by atoms with Crippen LogP contribution in [0.15, 0.2) is 73.1 Å². The fourth-order valence-corrected chi connectivity index (χ4v) is 3.73. The number of aromatic nitrogens is 2. The SMILES string of the molecule is CN(C)CC(Nc1ncnc2c(C(=O)O)cc(OCc3ccccc3)cc12)c1cccc(F)c1. The van der Waals surface area contributed by atoms with Crippen molar-refractivity contribution < 1.29 is 19.0 Å². The molecule has 4 rings (SSSR count). The van der Waals surface area contributed by atoms with Crippen molar-refractivity contribution in [2.45, 2.75) is 12.6 Å². The lowest BCUT2D eigenvalue weighted by atomic mass is 10.1. The van der Waals surface area contributed by atoms with Crippen LogP contribution < -0.4 is 10.1 Å². The van der Waals surface area contributed by atoms with Gasteiger partial charge < -0.3 is 20.1 Å². The maximum absolute atomic E-state index is 13.9. The highest BCUT2D eigenvalue weighted by atomic mass is 19.1. The summed E-state index contributed by atoms with van der Waals surface area (Å²) in [5.41, 5.74) is 2.01. The Morgan fingerprint density at radius 1 is 1.09 bits per heavy atom. The largest absolute Gasteiger partial charge is 0.489 e. The number of benzene rings is 3. The molecule has 0 fully saturated rings. The molecule has 1 atom stereocenters. The van der Waals surface area contributed by atoms with Crippen LogP contribution in [0.1, 0.15) is 27.5 Å². The third kappa shape index (κ3) is 5.47. The fraction of sp³-hybridized carbons (Fsp3) is 0.192. The van der Waals surface area contributed by atoms with Crippen LogP contribution in [0.2, 0.25) is 0 Å². The lowest BCUT2D eigenvalue weighted by Crippen LogP contribution is -2.26. The third-order valence-electron chi connectivity index (χ3n) is 5.30. The van der Waals surface area contributed by atoms with Crippen LogP contribution in [0.4, 0.5) is 10.2 Å². The zero-order chi connectivity index (χ0) is 24.1. The number of rotatable bonds is 9. The predicted octanol–water partition coefficient (Wildman–Crippen LogP) is 4.76. The second-order valence-electron chi connectivity index (χ2n) is 8.18. The average Bonchev–Trinajstić information content (AvgIpc) is 2.82. The van der Waals surface area contributed by atoms with Gasteiger partial charge in [-0.25, -0.2) is 19.2 Å². The number of anilines is 1. The Bertz CT molecular complexity index is 1300. The normalized spacial score (nSPS) is 12.0. The van der Waals surface area contributed by atoms with E-state index in [0.29, 0.717) is 29.0 Å². The first-order chi connectivity index (χ1) is 16.4. The number of ether oxygens (including phenoxy) is 1. The summed E-state index contributed by atoms with van der Waals surface area (Å²) in [4.78, 5) is 22.6. The highest BCUT2D eigenvalue weighted by molar-refractivity contribution is 6.05. The lowest BCUT2D eigenvalue weighted by Gasteiger charge is -2.24. The minimum Gasteiger partial charge on any atom is -0.489 e. The topological polar surface area (TPSA) is 87.6 Å². The van der Waals surface area contributed by atoms with Gasteiger partial charge >= 0.3 is 5.97 Å². The number of fused-ring (bicyclic) bond motifs is 1. The summed E-state index contributed by atoms with van der Waals surface area (Å²) in [6.07, 6.45) is 1.32. The van der Waals surface area contributed by atoms with E-state index in [1.165, 1.54) is 24.5 Å². The number of nitrogens with one attached hydrogen (secondary N) is 1. The molecular weight excluding hydrogens is 435 g/mol. The number of hydrogen-bond acceptors (Lipinski definition) is 6. The van der Waals surface area contributed by atoms with Gasteiger partial charge in [-0.05, 0) is 49.5 Å². The number of likely N-dealkylation sites (N-methyl/N-ethyl adjacent to an activating group) is 1. The van der Waals surface area contributed by atoms with Crippen LogP contribution in [-0.4, -0.2) is 46.6 Å². The van der Waals surface area contributed by atoms with E-state index < -0.39 is 5.97 Å². The van der Waals surface area contributed by atoms with Crippen LogP contribution in [0, 0.1) is 5.82 Å². The van der Waals surface area contributed by atoms with Gasteiger partial charge in [0.25, 0.3) is 0 Å². The summed E-state index contributed by atoms with van der Waals surface area (Å²) in [6, 6.07) is 18.9. The van der Waals surface area contributed by atoms with E-state index >= 15 is 0 Å². The molecule has 0 amide bonds. The number of hydrogen-bond donors (Lipinski definition) is 2. The molecule has 2 N–H and O–H groups in total. The highest BCUT2D eigenvalue weighted by Crippen LogP contribution is 2.31. The first-order valence-corrected chi connectivity index (χ1v) is 10.8. The Kier molecular flexibility index (Phi) is 6.98. The predicted molar refractivity (Wildman–Crippen MR) is 129 cm³/mol. The summed E-state index contributed by atoms with van der Waals surface area (Å²) >= 11 is 0. The molecule has 1 unspecified atom stereocenters. The van der Waals surface area contributed by atoms with Gasteiger partial charge in [-0.15, -0.1) is 0 Å². The van der Waals surface area contributed by atoms with E-state index in [1.807, 2.05) is 55.4 Å². The summed E-state index contributed by atoms with van der Waals surface area (Å²) in [5, 5.41) is 13.7. The summed E-state index contributed by atoms with van der Waals surface area (Å²) in [6.45, 7) is 0.847. The average molecular weight is 461 g/mol. The molecule has 1 heterocycles. The molecular formula is C26H25FN4O3. The molecule has 0 saturated carbocycles. The van der Waals surface area contributed by atoms with Crippen molar-refractivity contribution >= 4 is 22.7 Å². The molecule has 7 nitrogen and oxygen atoms in total. The number of carbonyl (C=O) groups is 1. The Morgan fingerprint density at radius 2 is 1.88 bits per heavy atom. The molecule has 0 aliphatic heterocycles. The zero-order valence-corrected chi connectivity index (χ0v) is 18.9. The Balaban J connectivity index is 1.73. The maximum Gasteiger partial charge on any atom is 0.338 e. The van der Waals surface area contributed by atoms with Crippen molar-refractivity contribution in [3.63, 3.8) is 0 Å². The third-order valence-corrected chi connectivity index (χ3v) is 5.30. The van der Waals surface area contributed by atoms with E-state index in [1.54, 1.807) is 12.1 Å². The van der Waals surface area contributed by atoms with Gasteiger partial charge in [0.1, 0.15) is 30.3 Å². The van der Waals surface area contributed by atoms with Gasteiger partial charge in [0.05, 0.1) is 17.1 Å². The molecule has 0 aliphatic carbocycles. The Labute approximate surface area is 196 Å². The lowest BCUT2D eigenvalue weighted by molar-refractivity contribution is 0.0698. The number of carboxylic acid groups (broad SMARTS) is 1. The second kappa shape index (κ2) is 10.3. The molecule has 4 aromatic rings. The van der Waals surface area contributed by atoms with E-state index in [2.05, 4.69) is 15.3 Å². The number of nitrogens with zero attached hydrogens (tertiary/aromatic N) is 3. The molecule has 0 aliphatic rings. The Morgan fingerprint density at radius 3 is 2.59 bits per heavy atom. The standard InChI is InChI=1S/C26H25FN4O3/c1-31(2)14-23(18-9-6-10-19(27)11-18)30-25-21-12-20(34-15-17-7-4-3-5-8-17)13-22(26(32)33)24(21)28-16-29-25/h3-13,16,23H,14-15H2,1-2H3,(H,32,33)(H,28,29,30). The van der Waals surface area contributed by atoms with Gasteiger partial charge in [-0.2, -0.15) is 0 Å². The molecule has 8 heteroatoms. The van der Waals surface area contributed by atoms with Crippen molar-refractivity contribution in [2.75, 3.05) is 26.0 Å². The van der Waals surface area contributed by atoms with E-state index in [0.717, 1.165) is 11.1 Å². The molecule has 0 saturated heterocycles. The van der Waals surface area contributed by atoms with Crippen molar-refractivity contribution in [2.24, 2.45) is 0 Å². The molecule has 1 aromatic heterocycles. The van der Waals surface area contributed by atoms with E-state index in [4.69, 9.17) is 4.74 Å². The molecule has 34 heavy (non-hydrogen) atoms. The van der Waals surface area contributed by atoms with Gasteiger partial charge in [0, 0.05) is 11.9 Å². The minimum atomic E-state index is -1.12. The first-order valence-electron chi connectivity index (χ1n) is 10.8. The Hall–Kier alpha value is -4.04. The first kappa shape index (κ1) is 23.1. The minimum absolute atomic E-state index is 0.0147. The smallest absolute Gasteiger partial charge is 0.338 e. The zero-order valence-electron chi connectivity index (χ0n) is 18.9. The molecule has 0 radical (unpaired) electrons. The van der Waals surface area contributed by atoms with E-state index in [9.17, 15) is 14.3 Å². The van der Waals surface area contributed by atoms with Crippen molar-refractivity contribution in [3.8, 4) is 5.75 Å². The molecule has 0 bridgehead atoms. The highest BCUT2D eigenvalue weighted by Gasteiger charge is 2.19.